The molecular formula is C21H23N3O3. The third-order valence-electron chi connectivity index (χ3n) is 5.73. The molecule has 0 spiro atoms. The van der Waals surface area contributed by atoms with Crippen LogP contribution in [0, 0.1) is 26.0 Å². The first-order chi connectivity index (χ1) is 12.8. The van der Waals surface area contributed by atoms with E-state index in [-0.39, 0.29) is 0 Å². The van der Waals surface area contributed by atoms with E-state index in [9.17, 15) is 10.3 Å². The molecule has 3 aromatic rings. The number of nitrogens with zero attached hydrogens (tertiary/aromatic N) is 2. The van der Waals surface area contributed by atoms with E-state index in [0.29, 0.717) is 24.3 Å². The molecule has 0 amide bonds. The van der Waals surface area contributed by atoms with Gasteiger partial charge in [0.15, 0.2) is 6.21 Å². The lowest BCUT2D eigenvalue weighted by Gasteiger charge is -2.35. The topological polar surface area (TPSA) is 84.2 Å². The lowest BCUT2D eigenvalue weighted by atomic mass is 9.90. The smallest absolute Gasteiger partial charge is 0.313 e. The van der Waals surface area contributed by atoms with Gasteiger partial charge in [0.25, 0.3) is 0 Å². The maximum Gasteiger partial charge on any atom is 0.313 e. The molecule has 2 N–H and O–H groups in total. The van der Waals surface area contributed by atoms with E-state index in [4.69, 9.17) is 4.74 Å². The second kappa shape index (κ2) is 6.01. The van der Waals surface area contributed by atoms with Crippen LogP contribution in [0.3, 0.4) is 0 Å². The standard InChI is InChI=1S/C21H23N3O3/c1-12-13(2)20-17(14(3)19(12)25)8-9-21(4,27-20)24(26)11-16-7-5-6-15-10-22-23-18(15)16/h5-7,10-11,25H,8-9H2,1-4H3,(H,22,23)/b24-11-. The van der Waals surface area contributed by atoms with Crippen LogP contribution in [0.1, 0.15) is 41.2 Å². The van der Waals surface area contributed by atoms with E-state index >= 15 is 0 Å². The fourth-order valence-corrected chi connectivity index (χ4v) is 3.75. The Morgan fingerprint density at radius 1 is 1.26 bits per heavy atom. The Hall–Kier alpha value is -3.02. The minimum Gasteiger partial charge on any atom is -0.621 e. The molecule has 4 rings (SSSR count). The first-order valence-corrected chi connectivity index (χ1v) is 9.06. The fraction of sp³-hybridized carbons (Fsp3) is 0.333. The molecule has 0 saturated heterocycles. The van der Waals surface area contributed by atoms with Crippen molar-refractivity contribution in [2.24, 2.45) is 0 Å². The van der Waals surface area contributed by atoms with Gasteiger partial charge in [0.2, 0.25) is 0 Å². The van der Waals surface area contributed by atoms with Gasteiger partial charge in [-0.15, -0.1) is 0 Å². The van der Waals surface area contributed by atoms with Crippen LogP contribution in [-0.4, -0.2) is 32.0 Å². The van der Waals surface area contributed by atoms with Gasteiger partial charge in [-0.1, -0.05) is 12.1 Å². The molecule has 0 aliphatic carbocycles. The van der Waals surface area contributed by atoms with Crippen LogP contribution in [0.15, 0.2) is 24.4 Å². The molecule has 1 aliphatic heterocycles. The Labute approximate surface area is 157 Å². The second-order valence-electron chi connectivity index (χ2n) is 7.44. The van der Waals surface area contributed by atoms with Crippen molar-refractivity contribution in [2.75, 3.05) is 0 Å². The van der Waals surface area contributed by atoms with E-state index in [1.165, 1.54) is 0 Å². The molecular weight excluding hydrogens is 342 g/mol. The van der Waals surface area contributed by atoms with Gasteiger partial charge in [0, 0.05) is 17.9 Å². The number of H-pyrrole nitrogens is 1. The zero-order valence-corrected chi connectivity index (χ0v) is 16.0. The largest absolute Gasteiger partial charge is 0.621 e. The Kier molecular flexibility index (Phi) is 3.87. The number of rotatable bonds is 2. The third-order valence-corrected chi connectivity index (χ3v) is 5.73. The number of para-hydroxylation sites is 1. The van der Waals surface area contributed by atoms with Crippen molar-refractivity contribution in [1.82, 2.24) is 10.2 Å². The van der Waals surface area contributed by atoms with Crippen molar-refractivity contribution in [3.05, 3.63) is 57.4 Å². The van der Waals surface area contributed by atoms with Crippen molar-refractivity contribution in [3.8, 4) is 11.5 Å². The minimum atomic E-state index is -1.02. The molecule has 2 heterocycles. The fourth-order valence-electron chi connectivity index (χ4n) is 3.75. The Morgan fingerprint density at radius 2 is 2.04 bits per heavy atom. The number of fused-ring (bicyclic) bond motifs is 2. The van der Waals surface area contributed by atoms with Gasteiger partial charge in [0.1, 0.15) is 11.5 Å². The first-order valence-electron chi connectivity index (χ1n) is 9.06. The minimum absolute atomic E-state index is 0.315. The van der Waals surface area contributed by atoms with Crippen LogP contribution in [-0.2, 0) is 6.42 Å². The van der Waals surface area contributed by atoms with E-state index in [1.54, 1.807) is 12.4 Å². The third kappa shape index (κ3) is 2.63. The monoisotopic (exact) mass is 365 g/mol. The van der Waals surface area contributed by atoms with Crippen LogP contribution in [0.5, 0.6) is 11.5 Å². The quantitative estimate of drug-likeness (QED) is 0.313. The van der Waals surface area contributed by atoms with Crippen LogP contribution in [0.4, 0.5) is 0 Å². The summed E-state index contributed by atoms with van der Waals surface area (Å²) in [7, 11) is 0. The SMILES string of the molecule is Cc1c(C)c2c(c(C)c1O)CCC(C)(/[N+]([O-])=C/c1cccc3cn[nH]c13)O2. The Bertz CT molecular complexity index is 1080. The number of aromatic nitrogens is 2. The summed E-state index contributed by atoms with van der Waals surface area (Å²) >= 11 is 0. The molecule has 2 aromatic carbocycles. The van der Waals surface area contributed by atoms with Gasteiger partial charge in [-0.2, -0.15) is 9.84 Å². The second-order valence-corrected chi connectivity index (χ2v) is 7.44. The van der Waals surface area contributed by atoms with Gasteiger partial charge >= 0.3 is 5.72 Å². The summed E-state index contributed by atoms with van der Waals surface area (Å²) in [6.45, 7) is 7.49. The number of hydrogen-bond acceptors (Lipinski definition) is 4. The molecule has 0 fully saturated rings. The maximum absolute atomic E-state index is 13.1. The van der Waals surface area contributed by atoms with Crippen LogP contribution < -0.4 is 4.74 Å². The van der Waals surface area contributed by atoms with E-state index in [1.807, 2.05) is 45.9 Å². The highest BCUT2D eigenvalue weighted by Gasteiger charge is 2.41. The van der Waals surface area contributed by atoms with Gasteiger partial charge in [-0.05, 0) is 49.9 Å². The molecule has 1 aromatic heterocycles. The molecule has 1 unspecified atom stereocenters. The highest BCUT2D eigenvalue weighted by Crippen LogP contribution is 2.43. The molecule has 0 radical (unpaired) electrons. The number of aromatic hydroxyl groups is 1. The molecule has 1 aliphatic rings. The molecule has 6 heteroatoms. The zero-order chi connectivity index (χ0) is 19.3. The molecule has 140 valence electrons. The van der Waals surface area contributed by atoms with Gasteiger partial charge in [-0.25, -0.2) is 0 Å². The average molecular weight is 365 g/mol. The number of nitrogens with one attached hydrogen (secondary N) is 1. The Balaban J connectivity index is 1.76. The lowest BCUT2D eigenvalue weighted by Crippen LogP contribution is -2.46. The molecule has 27 heavy (non-hydrogen) atoms. The van der Waals surface area contributed by atoms with Crippen LogP contribution in [0.25, 0.3) is 10.9 Å². The summed E-state index contributed by atoms with van der Waals surface area (Å²) in [5.74, 6) is 1.03. The van der Waals surface area contributed by atoms with Crippen LogP contribution >= 0.6 is 0 Å². The molecule has 0 bridgehead atoms. The number of phenolic OH excluding ortho intramolecular Hbond substituents is 1. The first kappa shape index (κ1) is 17.4. The van der Waals surface area contributed by atoms with E-state index in [2.05, 4.69) is 10.2 Å². The summed E-state index contributed by atoms with van der Waals surface area (Å²) in [5.41, 5.74) is 4.06. The van der Waals surface area contributed by atoms with E-state index < -0.39 is 5.72 Å². The highest BCUT2D eigenvalue weighted by atomic mass is 16.6. The van der Waals surface area contributed by atoms with Gasteiger partial charge in [-0.3, -0.25) is 5.10 Å². The van der Waals surface area contributed by atoms with Crippen molar-refractivity contribution in [3.63, 3.8) is 0 Å². The summed E-state index contributed by atoms with van der Waals surface area (Å²) < 4.78 is 7.13. The number of hydroxylamine groups is 1. The van der Waals surface area contributed by atoms with Gasteiger partial charge < -0.3 is 15.1 Å². The average Bonchev–Trinajstić information content (AvgIpc) is 3.14. The lowest BCUT2D eigenvalue weighted by molar-refractivity contribution is -0.592. The summed E-state index contributed by atoms with van der Waals surface area (Å²) in [4.78, 5) is 0. The zero-order valence-electron chi connectivity index (χ0n) is 16.0. The molecule has 1 atom stereocenters. The number of phenols is 1. The van der Waals surface area contributed by atoms with Crippen molar-refractivity contribution in [2.45, 2.75) is 46.3 Å². The number of ether oxygens (including phenoxy) is 1. The number of hydrogen-bond donors (Lipinski definition) is 2. The van der Waals surface area contributed by atoms with E-state index in [0.717, 1.165) is 43.5 Å². The summed E-state index contributed by atoms with van der Waals surface area (Å²) in [6, 6.07) is 5.72. The normalized spacial score (nSPS) is 19.8. The van der Waals surface area contributed by atoms with Crippen molar-refractivity contribution in [1.29, 1.82) is 0 Å². The number of benzene rings is 2. The Morgan fingerprint density at radius 3 is 2.81 bits per heavy atom. The maximum atomic E-state index is 13.1. The predicted octanol–water partition coefficient (Wildman–Crippen LogP) is 3.86. The van der Waals surface area contributed by atoms with Crippen molar-refractivity contribution >= 4 is 17.1 Å². The van der Waals surface area contributed by atoms with Crippen molar-refractivity contribution < 1.29 is 14.6 Å². The predicted molar refractivity (Wildman–Crippen MR) is 105 cm³/mol. The summed E-state index contributed by atoms with van der Waals surface area (Å²) in [6.07, 6.45) is 4.49. The summed E-state index contributed by atoms with van der Waals surface area (Å²) in [5, 5.41) is 31.3. The highest BCUT2D eigenvalue weighted by molar-refractivity contribution is 5.95. The number of aromatic amines is 1. The van der Waals surface area contributed by atoms with Crippen LogP contribution in [0.2, 0.25) is 0 Å². The molecule has 6 nitrogen and oxygen atoms in total. The van der Waals surface area contributed by atoms with Gasteiger partial charge in [0.05, 0.1) is 23.7 Å². The molecule has 0 saturated carbocycles.